The van der Waals surface area contributed by atoms with Crippen molar-refractivity contribution in [1.82, 2.24) is 5.32 Å². The monoisotopic (exact) mass is 269 g/mol. The van der Waals surface area contributed by atoms with Crippen LogP contribution in [0.4, 0.5) is 0 Å². The first kappa shape index (κ1) is 16.0. The molecule has 2 atom stereocenters. The van der Waals surface area contributed by atoms with E-state index in [2.05, 4.69) is 12.2 Å². The van der Waals surface area contributed by atoms with Gasteiger partial charge in [-0.3, -0.25) is 4.79 Å². The maximum atomic E-state index is 12.2. The van der Waals surface area contributed by atoms with Gasteiger partial charge in [-0.05, 0) is 37.5 Å². The highest BCUT2D eigenvalue weighted by atomic mass is 16.4. The van der Waals surface area contributed by atoms with E-state index in [0.29, 0.717) is 0 Å². The van der Waals surface area contributed by atoms with Crippen molar-refractivity contribution in [1.29, 1.82) is 0 Å². The third kappa shape index (κ3) is 4.51. The molecule has 0 spiro atoms. The Hall–Kier alpha value is -1.06. The molecule has 1 aliphatic rings. The molecular weight excluding hydrogens is 242 g/mol. The molecule has 1 aliphatic carbocycles. The predicted molar refractivity (Wildman–Crippen MR) is 74.8 cm³/mol. The van der Waals surface area contributed by atoms with E-state index in [1.165, 1.54) is 6.42 Å². The largest absolute Gasteiger partial charge is 0.480 e. The zero-order chi connectivity index (χ0) is 14.4. The van der Waals surface area contributed by atoms with Crippen molar-refractivity contribution >= 4 is 11.9 Å². The van der Waals surface area contributed by atoms with Crippen LogP contribution in [0.3, 0.4) is 0 Å². The zero-order valence-corrected chi connectivity index (χ0v) is 12.3. The molecular formula is C15H27NO3. The van der Waals surface area contributed by atoms with Crippen LogP contribution in [0.25, 0.3) is 0 Å². The fraction of sp³-hybridized carbons (Fsp3) is 0.867. The molecule has 4 nitrogen and oxygen atoms in total. The summed E-state index contributed by atoms with van der Waals surface area (Å²) in [6.45, 7) is 6.00. The first-order valence-electron chi connectivity index (χ1n) is 7.52. The molecule has 1 saturated carbocycles. The van der Waals surface area contributed by atoms with Crippen LogP contribution in [0.2, 0.25) is 0 Å². The summed E-state index contributed by atoms with van der Waals surface area (Å²) in [5, 5.41) is 11.9. The molecule has 4 heteroatoms. The minimum Gasteiger partial charge on any atom is -0.480 e. The van der Waals surface area contributed by atoms with Gasteiger partial charge in [-0.15, -0.1) is 0 Å². The number of carboxylic acid groups (broad SMARTS) is 1. The predicted octanol–water partition coefficient (Wildman–Crippen LogP) is 2.82. The molecule has 19 heavy (non-hydrogen) atoms. The van der Waals surface area contributed by atoms with Crippen LogP contribution in [0.1, 0.15) is 59.3 Å². The number of amides is 1. The highest BCUT2D eigenvalue weighted by molar-refractivity contribution is 5.85. The van der Waals surface area contributed by atoms with Gasteiger partial charge in [0.1, 0.15) is 6.04 Å². The smallest absolute Gasteiger partial charge is 0.326 e. The van der Waals surface area contributed by atoms with Gasteiger partial charge < -0.3 is 10.4 Å². The van der Waals surface area contributed by atoms with Gasteiger partial charge in [0.15, 0.2) is 0 Å². The maximum Gasteiger partial charge on any atom is 0.326 e. The molecule has 0 aromatic heterocycles. The number of carbonyl (C=O) groups excluding carboxylic acids is 1. The van der Waals surface area contributed by atoms with Crippen LogP contribution < -0.4 is 5.32 Å². The topological polar surface area (TPSA) is 66.4 Å². The van der Waals surface area contributed by atoms with Crippen LogP contribution in [-0.2, 0) is 9.59 Å². The summed E-state index contributed by atoms with van der Waals surface area (Å²) in [7, 11) is 0. The van der Waals surface area contributed by atoms with Crippen molar-refractivity contribution < 1.29 is 14.7 Å². The Bertz CT molecular complexity index is 309. The molecule has 0 unspecified atom stereocenters. The van der Waals surface area contributed by atoms with E-state index < -0.39 is 12.0 Å². The van der Waals surface area contributed by atoms with Gasteiger partial charge in [-0.2, -0.15) is 0 Å². The fourth-order valence-corrected chi connectivity index (χ4v) is 2.79. The molecule has 0 aromatic carbocycles. The fourth-order valence-electron chi connectivity index (χ4n) is 2.79. The Morgan fingerprint density at radius 3 is 2.21 bits per heavy atom. The lowest BCUT2D eigenvalue weighted by molar-refractivity contribution is -0.144. The van der Waals surface area contributed by atoms with Crippen molar-refractivity contribution in [2.45, 2.75) is 65.3 Å². The summed E-state index contributed by atoms with van der Waals surface area (Å²) < 4.78 is 0. The quantitative estimate of drug-likeness (QED) is 0.779. The summed E-state index contributed by atoms with van der Waals surface area (Å²) in [5.74, 6) is -0.275. The normalized spacial score (nSPS) is 26.5. The maximum absolute atomic E-state index is 12.2. The molecule has 0 aliphatic heterocycles. The van der Waals surface area contributed by atoms with E-state index in [4.69, 9.17) is 0 Å². The Morgan fingerprint density at radius 1 is 1.21 bits per heavy atom. The first-order chi connectivity index (χ1) is 8.99. The second-order valence-corrected chi connectivity index (χ2v) is 5.84. The number of aliphatic carboxylic acids is 1. The second kappa shape index (κ2) is 7.51. The third-order valence-electron chi connectivity index (χ3n) is 4.57. The minimum absolute atomic E-state index is 0.00806. The van der Waals surface area contributed by atoms with E-state index in [1.54, 1.807) is 0 Å². The molecule has 0 saturated heterocycles. The molecule has 0 aromatic rings. The van der Waals surface area contributed by atoms with E-state index in [0.717, 1.165) is 38.0 Å². The Balaban J connectivity index is 2.51. The first-order valence-corrected chi connectivity index (χ1v) is 7.52. The number of carboxylic acids is 1. The van der Waals surface area contributed by atoms with Crippen LogP contribution in [0.15, 0.2) is 0 Å². The Kier molecular flexibility index (Phi) is 6.32. The summed E-state index contributed by atoms with van der Waals surface area (Å²) in [5.41, 5.74) is 0. The van der Waals surface area contributed by atoms with E-state index >= 15 is 0 Å². The van der Waals surface area contributed by atoms with Crippen LogP contribution >= 0.6 is 0 Å². The van der Waals surface area contributed by atoms with Gasteiger partial charge in [-0.1, -0.05) is 33.6 Å². The minimum atomic E-state index is -0.926. The Labute approximate surface area is 116 Å². The summed E-state index contributed by atoms with van der Waals surface area (Å²) >= 11 is 0. The molecule has 0 heterocycles. The molecule has 0 bridgehead atoms. The Morgan fingerprint density at radius 2 is 1.79 bits per heavy atom. The lowest BCUT2D eigenvalue weighted by atomic mass is 9.80. The zero-order valence-electron chi connectivity index (χ0n) is 12.3. The highest BCUT2D eigenvalue weighted by Crippen LogP contribution is 2.30. The van der Waals surface area contributed by atoms with Crippen molar-refractivity contribution in [3.05, 3.63) is 0 Å². The molecule has 1 fully saturated rings. The molecule has 110 valence electrons. The summed E-state index contributed by atoms with van der Waals surface area (Å²) in [6.07, 6.45) is 5.92. The van der Waals surface area contributed by atoms with Crippen molar-refractivity contribution in [2.24, 2.45) is 17.8 Å². The lowest BCUT2D eigenvalue weighted by Crippen LogP contribution is -2.47. The summed E-state index contributed by atoms with van der Waals surface area (Å²) in [4.78, 5) is 23.4. The van der Waals surface area contributed by atoms with Gasteiger partial charge in [0.25, 0.3) is 0 Å². The van der Waals surface area contributed by atoms with Gasteiger partial charge in [0, 0.05) is 5.92 Å². The molecule has 2 N–H and O–H groups in total. The lowest BCUT2D eigenvalue weighted by Gasteiger charge is -2.29. The second-order valence-electron chi connectivity index (χ2n) is 5.84. The SMILES string of the molecule is CCC1CCC(C(=O)N[C@H](C(=O)O)[C@@H](C)CC)CC1. The van der Waals surface area contributed by atoms with Crippen molar-refractivity contribution in [3.8, 4) is 0 Å². The van der Waals surface area contributed by atoms with Gasteiger partial charge in [0.2, 0.25) is 5.91 Å². The number of hydrogen-bond acceptors (Lipinski definition) is 2. The average molecular weight is 269 g/mol. The van der Waals surface area contributed by atoms with Crippen LogP contribution in [0, 0.1) is 17.8 Å². The van der Waals surface area contributed by atoms with Crippen LogP contribution in [-0.4, -0.2) is 23.0 Å². The van der Waals surface area contributed by atoms with Crippen molar-refractivity contribution in [2.75, 3.05) is 0 Å². The third-order valence-corrected chi connectivity index (χ3v) is 4.57. The number of carbonyl (C=O) groups is 2. The van der Waals surface area contributed by atoms with Crippen LogP contribution in [0.5, 0.6) is 0 Å². The summed E-state index contributed by atoms with van der Waals surface area (Å²) in [6, 6.07) is -0.749. The molecule has 1 rings (SSSR count). The van der Waals surface area contributed by atoms with E-state index in [-0.39, 0.29) is 17.7 Å². The molecule has 0 radical (unpaired) electrons. The van der Waals surface area contributed by atoms with E-state index in [9.17, 15) is 14.7 Å². The average Bonchev–Trinajstić information content (AvgIpc) is 2.43. The van der Waals surface area contributed by atoms with Gasteiger partial charge in [-0.25, -0.2) is 4.79 Å². The van der Waals surface area contributed by atoms with E-state index in [1.807, 2.05) is 13.8 Å². The standard InChI is InChI=1S/C15H27NO3/c1-4-10(3)13(15(18)19)16-14(17)12-8-6-11(5-2)7-9-12/h10-13H,4-9H2,1-3H3,(H,16,17)(H,18,19)/t10-,11?,12?,13-/m0/s1. The number of hydrogen-bond donors (Lipinski definition) is 2. The van der Waals surface area contributed by atoms with Crippen molar-refractivity contribution in [3.63, 3.8) is 0 Å². The molecule has 1 amide bonds. The number of nitrogens with one attached hydrogen (secondary N) is 1. The highest BCUT2D eigenvalue weighted by Gasteiger charge is 2.30. The van der Waals surface area contributed by atoms with Gasteiger partial charge in [0.05, 0.1) is 0 Å². The van der Waals surface area contributed by atoms with Gasteiger partial charge >= 0.3 is 5.97 Å². The number of rotatable bonds is 6.